The Hall–Kier alpha value is -2.42. The predicted molar refractivity (Wildman–Crippen MR) is 86.7 cm³/mol. The molecule has 3 N–H and O–H groups in total. The second-order valence-electron chi connectivity index (χ2n) is 6.00. The van der Waals surface area contributed by atoms with Crippen LogP contribution in [0, 0.1) is 5.82 Å². The summed E-state index contributed by atoms with van der Waals surface area (Å²) >= 11 is 0. The van der Waals surface area contributed by atoms with Crippen molar-refractivity contribution in [1.82, 2.24) is 9.78 Å². The van der Waals surface area contributed by atoms with Crippen LogP contribution in [-0.4, -0.2) is 27.0 Å². The van der Waals surface area contributed by atoms with Gasteiger partial charge in [-0.25, -0.2) is 9.18 Å². The number of aromatic nitrogens is 2. The third-order valence-corrected chi connectivity index (χ3v) is 4.07. The van der Waals surface area contributed by atoms with E-state index in [1.807, 2.05) is 23.1 Å². The molecule has 1 aliphatic carbocycles. The SMILES string of the molecule is NCc1cc(F)cc(-c2cnn(C3CCCC3)c2)c1.O=C(O)C(F)(F)F. The molecular formula is C17H19F4N3O2. The lowest BCUT2D eigenvalue weighted by Gasteiger charge is -2.08. The van der Waals surface area contributed by atoms with Gasteiger partial charge in [0, 0.05) is 18.3 Å². The Morgan fingerprint density at radius 2 is 1.85 bits per heavy atom. The summed E-state index contributed by atoms with van der Waals surface area (Å²) in [7, 11) is 0. The van der Waals surface area contributed by atoms with Gasteiger partial charge in [0.1, 0.15) is 5.82 Å². The molecule has 5 nitrogen and oxygen atoms in total. The van der Waals surface area contributed by atoms with Gasteiger partial charge in [-0.05, 0) is 42.2 Å². The Balaban J connectivity index is 0.000000298. The fourth-order valence-electron chi connectivity index (χ4n) is 2.79. The maximum atomic E-state index is 13.5. The molecule has 1 saturated carbocycles. The number of rotatable bonds is 3. The van der Waals surface area contributed by atoms with Crippen LogP contribution in [0.25, 0.3) is 11.1 Å². The number of hydrogen-bond donors (Lipinski definition) is 2. The molecule has 1 aromatic carbocycles. The molecule has 1 fully saturated rings. The van der Waals surface area contributed by atoms with Gasteiger partial charge >= 0.3 is 12.1 Å². The monoisotopic (exact) mass is 373 g/mol. The molecular weight excluding hydrogens is 354 g/mol. The van der Waals surface area contributed by atoms with E-state index < -0.39 is 12.1 Å². The number of carboxylic acids is 1. The van der Waals surface area contributed by atoms with Crippen LogP contribution in [0.3, 0.4) is 0 Å². The third-order valence-electron chi connectivity index (χ3n) is 4.07. The second kappa shape index (κ2) is 8.31. The first-order valence-corrected chi connectivity index (χ1v) is 8.05. The Morgan fingerprint density at radius 1 is 1.23 bits per heavy atom. The van der Waals surface area contributed by atoms with Crippen LogP contribution in [0.1, 0.15) is 37.3 Å². The third kappa shape index (κ3) is 5.29. The van der Waals surface area contributed by atoms with E-state index in [0.29, 0.717) is 12.6 Å². The molecule has 0 spiro atoms. The lowest BCUT2D eigenvalue weighted by molar-refractivity contribution is -0.192. The van der Waals surface area contributed by atoms with Crippen LogP contribution >= 0.6 is 0 Å². The average Bonchev–Trinajstić information content (AvgIpc) is 3.25. The minimum absolute atomic E-state index is 0.244. The van der Waals surface area contributed by atoms with Gasteiger partial charge in [-0.2, -0.15) is 18.3 Å². The maximum Gasteiger partial charge on any atom is 0.490 e. The number of benzene rings is 1. The van der Waals surface area contributed by atoms with Crippen molar-refractivity contribution in [2.24, 2.45) is 5.73 Å². The van der Waals surface area contributed by atoms with Crippen molar-refractivity contribution in [3.05, 3.63) is 42.0 Å². The molecule has 0 aliphatic heterocycles. The lowest BCUT2D eigenvalue weighted by Crippen LogP contribution is -2.21. The number of aliphatic carboxylic acids is 1. The highest BCUT2D eigenvalue weighted by Gasteiger charge is 2.38. The van der Waals surface area contributed by atoms with Crippen molar-refractivity contribution in [2.45, 2.75) is 44.4 Å². The van der Waals surface area contributed by atoms with Crippen LogP contribution in [0.4, 0.5) is 17.6 Å². The van der Waals surface area contributed by atoms with Gasteiger partial charge < -0.3 is 10.8 Å². The van der Waals surface area contributed by atoms with Gasteiger partial charge in [0.05, 0.1) is 12.2 Å². The molecule has 0 radical (unpaired) electrons. The smallest absolute Gasteiger partial charge is 0.475 e. The first-order chi connectivity index (χ1) is 12.2. The van der Waals surface area contributed by atoms with Crippen molar-refractivity contribution in [1.29, 1.82) is 0 Å². The van der Waals surface area contributed by atoms with Gasteiger partial charge in [0.15, 0.2) is 0 Å². The molecule has 1 aliphatic rings. The van der Waals surface area contributed by atoms with Crippen molar-refractivity contribution in [3.63, 3.8) is 0 Å². The standard InChI is InChI=1S/C15H18FN3.C2HF3O2/c16-14-6-11(8-17)5-12(7-14)13-9-18-19(10-13)15-3-1-2-4-15;3-2(4,5)1(6)7/h5-7,9-10,15H,1-4,8,17H2;(H,6,7). The fourth-order valence-corrected chi connectivity index (χ4v) is 2.79. The van der Waals surface area contributed by atoms with Crippen LogP contribution < -0.4 is 5.73 Å². The Bertz CT molecular complexity index is 753. The number of carbonyl (C=O) groups is 1. The van der Waals surface area contributed by atoms with E-state index in [-0.39, 0.29) is 5.82 Å². The van der Waals surface area contributed by atoms with Gasteiger partial charge in [0.25, 0.3) is 0 Å². The molecule has 2 aromatic rings. The van der Waals surface area contributed by atoms with E-state index in [0.717, 1.165) is 16.7 Å². The first kappa shape index (κ1) is 19.9. The van der Waals surface area contributed by atoms with E-state index in [4.69, 9.17) is 15.6 Å². The van der Waals surface area contributed by atoms with E-state index >= 15 is 0 Å². The number of halogens is 4. The fraction of sp³-hybridized carbons (Fsp3) is 0.412. The molecule has 0 bridgehead atoms. The number of nitrogens with two attached hydrogens (primary N) is 1. The number of alkyl halides is 3. The minimum Gasteiger partial charge on any atom is -0.475 e. The highest BCUT2D eigenvalue weighted by molar-refractivity contribution is 5.73. The first-order valence-electron chi connectivity index (χ1n) is 8.05. The Kier molecular flexibility index (Phi) is 6.36. The van der Waals surface area contributed by atoms with Crippen LogP contribution in [-0.2, 0) is 11.3 Å². The van der Waals surface area contributed by atoms with E-state index in [1.165, 1.54) is 37.8 Å². The van der Waals surface area contributed by atoms with Gasteiger partial charge in [0.2, 0.25) is 0 Å². The summed E-state index contributed by atoms with van der Waals surface area (Å²) in [6, 6.07) is 5.45. The Morgan fingerprint density at radius 3 is 2.38 bits per heavy atom. The maximum absolute atomic E-state index is 13.5. The van der Waals surface area contributed by atoms with E-state index in [1.54, 1.807) is 0 Å². The summed E-state index contributed by atoms with van der Waals surface area (Å²) < 4.78 is 47.3. The quantitative estimate of drug-likeness (QED) is 0.800. The predicted octanol–water partition coefficient (Wildman–Crippen LogP) is 3.90. The second-order valence-corrected chi connectivity index (χ2v) is 6.00. The molecule has 1 heterocycles. The summed E-state index contributed by atoms with van der Waals surface area (Å²) in [4.78, 5) is 8.90. The van der Waals surface area contributed by atoms with Gasteiger partial charge in [-0.3, -0.25) is 4.68 Å². The minimum atomic E-state index is -5.08. The highest BCUT2D eigenvalue weighted by atomic mass is 19.4. The largest absolute Gasteiger partial charge is 0.490 e. The number of carboxylic acid groups (broad SMARTS) is 1. The van der Waals surface area contributed by atoms with Crippen molar-refractivity contribution in [2.75, 3.05) is 0 Å². The lowest BCUT2D eigenvalue weighted by atomic mass is 10.1. The number of nitrogens with zero attached hydrogens (tertiary/aromatic N) is 2. The molecule has 0 saturated heterocycles. The Labute approximate surface area is 147 Å². The molecule has 0 unspecified atom stereocenters. The molecule has 9 heteroatoms. The van der Waals surface area contributed by atoms with Crippen molar-refractivity contribution in [3.8, 4) is 11.1 Å². The molecule has 1 aromatic heterocycles. The highest BCUT2D eigenvalue weighted by Crippen LogP contribution is 2.30. The average molecular weight is 373 g/mol. The number of hydrogen-bond acceptors (Lipinski definition) is 3. The van der Waals surface area contributed by atoms with Crippen molar-refractivity contribution >= 4 is 5.97 Å². The zero-order valence-electron chi connectivity index (χ0n) is 13.8. The summed E-state index contributed by atoms with van der Waals surface area (Å²) in [5, 5.41) is 11.5. The summed E-state index contributed by atoms with van der Waals surface area (Å²) in [5.74, 6) is -3.00. The van der Waals surface area contributed by atoms with Crippen molar-refractivity contribution < 1.29 is 27.5 Å². The molecule has 0 atom stereocenters. The topological polar surface area (TPSA) is 81.1 Å². The van der Waals surface area contributed by atoms with Crippen LogP contribution in [0.5, 0.6) is 0 Å². The molecule has 3 rings (SSSR count). The normalized spacial score (nSPS) is 14.8. The van der Waals surface area contributed by atoms with Crippen LogP contribution in [0.15, 0.2) is 30.6 Å². The summed E-state index contributed by atoms with van der Waals surface area (Å²) in [6.45, 7) is 0.349. The summed E-state index contributed by atoms with van der Waals surface area (Å²) in [5.41, 5.74) is 8.20. The summed E-state index contributed by atoms with van der Waals surface area (Å²) in [6.07, 6.45) is 3.68. The zero-order valence-corrected chi connectivity index (χ0v) is 13.8. The zero-order chi connectivity index (χ0) is 19.3. The molecule has 0 amide bonds. The molecule has 142 valence electrons. The van der Waals surface area contributed by atoms with Gasteiger partial charge in [-0.15, -0.1) is 0 Å². The van der Waals surface area contributed by atoms with Gasteiger partial charge in [-0.1, -0.05) is 12.8 Å². The van der Waals surface area contributed by atoms with E-state index in [9.17, 15) is 17.6 Å². The van der Waals surface area contributed by atoms with E-state index in [2.05, 4.69) is 5.10 Å². The molecule has 26 heavy (non-hydrogen) atoms. The van der Waals surface area contributed by atoms with Crippen LogP contribution in [0.2, 0.25) is 0 Å².